The lowest BCUT2D eigenvalue weighted by atomic mass is 9.82. The van der Waals surface area contributed by atoms with Crippen LogP contribution < -0.4 is 5.32 Å². The maximum absolute atomic E-state index is 13.5. The van der Waals surface area contributed by atoms with Crippen molar-refractivity contribution in [1.29, 1.82) is 0 Å². The summed E-state index contributed by atoms with van der Waals surface area (Å²) in [7, 11) is 0. The Morgan fingerprint density at radius 1 is 1.39 bits per heavy atom. The van der Waals surface area contributed by atoms with Crippen molar-refractivity contribution < 1.29 is 9.13 Å². The van der Waals surface area contributed by atoms with Crippen molar-refractivity contribution >= 4 is 11.6 Å². The van der Waals surface area contributed by atoms with Crippen LogP contribution in [0.3, 0.4) is 0 Å². The van der Waals surface area contributed by atoms with Gasteiger partial charge in [0.05, 0.1) is 0 Å². The summed E-state index contributed by atoms with van der Waals surface area (Å²) in [4.78, 5) is 0. The quantitative estimate of drug-likeness (QED) is 0.906. The number of rotatable bonds is 4. The second-order valence-electron chi connectivity index (χ2n) is 5.26. The largest absolute Gasteiger partial charge is 0.381 e. The zero-order valence-electron chi connectivity index (χ0n) is 10.6. The van der Waals surface area contributed by atoms with Crippen LogP contribution in [0.2, 0.25) is 5.02 Å². The third kappa shape index (κ3) is 3.67. The van der Waals surface area contributed by atoms with Gasteiger partial charge in [-0.15, -0.1) is 0 Å². The number of benzene rings is 1. The van der Waals surface area contributed by atoms with E-state index in [9.17, 15) is 4.39 Å². The summed E-state index contributed by atoms with van der Waals surface area (Å²) < 4.78 is 18.9. The van der Waals surface area contributed by atoms with Crippen molar-refractivity contribution in [3.8, 4) is 0 Å². The van der Waals surface area contributed by atoms with Gasteiger partial charge in [0.1, 0.15) is 5.82 Å². The van der Waals surface area contributed by atoms with Gasteiger partial charge in [0.15, 0.2) is 0 Å². The van der Waals surface area contributed by atoms with Crippen molar-refractivity contribution in [2.75, 3.05) is 19.8 Å². The van der Waals surface area contributed by atoms with Crippen LogP contribution in [0.5, 0.6) is 0 Å². The highest BCUT2D eigenvalue weighted by atomic mass is 35.5. The molecule has 1 fully saturated rings. The average molecular weight is 272 g/mol. The molecule has 2 nitrogen and oxygen atoms in total. The van der Waals surface area contributed by atoms with Gasteiger partial charge in [0.2, 0.25) is 0 Å². The van der Waals surface area contributed by atoms with Crippen LogP contribution in [0.25, 0.3) is 0 Å². The van der Waals surface area contributed by atoms with E-state index < -0.39 is 0 Å². The van der Waals surface area contributed by atoms with Gasteiger partial charge in [-0.25, -0.2) is 4.39 Å². The van der Waals surface area contributed by atoms with Gasteiger partial charge < -0.3 is 10.1 Å². The molecule has 0 unspecified atom stereocenters. The normalized spacial score (nSPS) is 18.8. The monoisotopic (exact) mass is 271 g/mol. The van der Waals surface area contributed by atoms with Crippen molar-refractivity contribution in [1.82, 2.24) is 5.32 Å². The molecule has 1 heterocycles. The van der Waals surface area contributed by atoms with Crippen LogP contribution >= 0.6 is 11.6 Å². The zero-order chi connectivity index (χ0) is 13.0. The fourth-order valence-corrected chi connectivity index (χ4v) is 2.41. The van der Waals surface area contributed by atoms with Gasteiger partial charge in [-0.1, -0.05) is 18.5 Å². The Bertz CT molecular complexity index is 405. The van der Waals surface area contributed by atoms with Crippen molar-refractivity contribution in [3.63, 3.8) is 0 Å². The highest BCUT2D eigenvalue weighted by Gasteiger charge is 2.26. The van der Waals surface area contributed by atoms with E-state index in [1.54, 1.807) is 12.1 Å². The first kappa shape index (κ1) is 13.8. The number of hydrogen-bond acceptors (Lipinski definition) is 2. The molecular formula is C14H19ClFNO. The lowest BCUT2D eigenvalue weighted by Crippen LogP contribution is -2.36. The fourth-order valence-electron chi connectivity index (χ4n) is 2.22. The van der Waals surface area contributed by atoms with Gasteiger partial charge in [-0.2, -0.15) is 0 Å². The molecule has 0 bridgehead atoms. The summed E-state index contributed by atoms with van der Waals surface area (Å²) in [6.07, 6.45) is 2.11. The molecule has 0 atom stereocenters. The van der Waals surface area contributed by atoms with Crippen LogP contribution in [-0.4, -0.2) is 19.8 Å². The van der Waals surface area contributed by atoms with Crippen LogP contribution in [0.15, 0.2) is 18.2 Å². The maximum atomic E-state index is 13.5. The molecule has 0 amide bonds. The summed E-state index contributed by atoms with van der Waals surface area (Å²) in [5.41, 5.74) is 0.881. The summed E-state index contributed by atoms with van der Waals surface area (Å²) in [5.74, 6) is -0.205. The SMILES string of the molecule is CC1(CNCc2cc(Cl)ccc2F)CCOCC1. The molecule has 1 aliphatic heterocycles. The highest BCUT2D eigenvalue weighted by Crippen LogP contribution is 2.28. The summed E-state index contributed by atoms with van der Waals surface area (Å²) in [6, 6.07) is 4.66. The molecule has 0 radical (unpaired) electrons. The fraction of sp³-hybridized carbons (Fsp3) is 0.571. The van der Waals surface area contributed by atoms with E-state index in [0.717, 1.165) is 32.6 Å². The smallest absolute Gasteiger partial charge is 0.127 e. The predicted octanol–water partition coefficient (Wildman–Crippen LogP) is 3.39. The zero-order valence-corrected chi connectivity index (χ0v) is 11.4. The predicted molar refractivity (Wildman–Crippen MR) is 71.3 cm³/mol. The van der Waals surface area contributed by atoms with Gasteiger partial charge >= 0.3 is 0 Å². The van der Waals surface area contributed by atoms with E-state index in [4.69, 9.17) is 16.3 Å². The lowest BCUT2D eigenvalue weighted by molar-refractivity contribution is 0.0240. The minimum Gasteiger partial charge on any atom is -0.381 e. The maximum Gasteiger partial charge on any atom is 0.127 e. The Hall–Kier alpha value is -0.640. The Morgan fingerprint density at radius 2 is 2.11 bits per heavy atom. The molecule has 1 N–H and O–H groups in total. The van der Waals surface area contributed by atoms with Crippen LogP contribution in [0.4, 0.5) is 4.39 Å². The summed E-state index contributed by atoms with van der Waals surface area (Å²) in [6.45, 7) is 5.29. The number of nitrogens with one attached hydrogen (secondary N) is 1. The minimum atomic E-state index is -0.205. The van der Waals surface area contributed by atoms with Crippen molar-refractivity contribution in [2.45, 2.75) is 26.3 Å². The molecule has 2 rings (SSSR count). The molecule has 1 aliphatic rings. The molecular weight excluding hydrogens is 253 g/mol. The Balaban J connectivity index is 1.86. The first-order valence-electron chi connectivity index (χ1n) is 6.31. The highest BCUT2D eigenvalue weighted by molar-refractivity contribution is 6.30. The molecule has 100 valence electrons. The lowest BCUT2D eigenvalue weighted by Gasteiger charge is -2.33. The van der Waals surface area contributed by atoms with E-state index >= 15 is 0 Å². The first-order valence-corrected chi connectivity index (χ1v) is 6.69. The van der Waals surface area contributed by atoms with E-state index in [1.807, 2.05) is 0 Å². The van der Waals surface area contributed by atoms with Gasteiger partial charge in [-0.05, 0) is 36.5 Å². The van der Waals surface area contributed by atoms with Gasteiger partial charge in [0.25, 0.3) is 0 Å². The molecule has 1 aromatic rings. The van der Waals surface area contributed by atoms with E-state index in [0.29, 0.717) is 17.1 Å². The van der Waals surface area contributed by atoms with Crippen LogP contribution in [-0.2, 0) is 11.3 Å². The molecule has 0 saturated carbocycles. The molecule has 18 heavy (non-hydrogen) atoms. The average Bonchev–Trinajstić information content (AvgIpc) is 2.34. The van der Waals surface area contributed by atoms with Gasteiger partial charge in [-0.3, -0.25) is 0 Å². The van der Waals surface area contributed by atoms with E-state index in [1.165, 1.54) is 6.07 Å². The topological polar surface area (TPSA) is 21.3 Å². The number of ether oxygens (including phenoxy) is 1. The molecule has 0 spiro atoms. The molecule has 0 aromatic heterocycles. The molecule has 0 aliphatic carbocycles. The number of halogens is 2. The molecule has 4 heteroatoms. The Morgan fingerprint density at radius 3 is 2.83 bits per heavy atom. The second kappa shape index (κ2) is 6.00. The second-order valence-corrected chi connectivity index (χ2v) is 5.70. The standard InChI is InChI=1S/C14H19ClFNO/c1-14(4-6-18-7-5-14)10-17-9-11-8-12(15)2-3-13(11)16/h2-3,8,17H,4-7,9-10H2,1H3. The summed E-state index contributed by atoms with van der Waals surface area (Å²) in [5, 5.41) is 3.90. The van der Waals surface area contributed by atoms with Crippen molar-refractivity contribution in [3.05, 3.63) is 34.6 Å². The summed E-state index contributed by atoms with van der Waals surface area (Å²) >= 11 is 5.86. The van der Waals surface area contributed by atoms with E-state index in [2.05, 4.69) is 12.2 Å². The minimum absolute atomic E-state index is 0.205. The molecule has 1 saturated heterocycles. The Labute approximate surface area is 112 Å². The van der Waals surface area contributed by atoms with Crippen molar-refractivity contribution in [2.24, 2.45) is 5.41 Å². The van der Waals surface area contributed by atoms with Gasteiger partial charge in [0, 0.05) is 36.9 Å². The van der Waals surface area contributed by atoms with Crippen LogP contribution in [0, 0.1) is 11.2 Å². The first-order chi connectivity index (χ1) is 8.59. The molecule has 1 aromatic carbocycles. The Kier molecular flexibility index (Phi) is 4.60. The van der Waals surface area contributed by atoms with E-state index in [-0.39, 0.29) is 11.2 Å². The van der Waals surface area contributed by atoms with Crippen LogP contribution in [0.1, 0.15) is 25.3 Å². The third-order valence-corrected chi connectivity index (χ3v) is 3.81. The third-order valence-electron chi connectivity index (χ3n) is 3.57. The number of hydrogen-bond donors (Lipinski definition) is 1.